The third-order valence-electron chi connectivity index (χ3n) is 7.12. The van der Waals surface area contributed by atoms with Crippen LogP contribution in [-0.2, 0) is 24.9 Å². The van der Waals surface area contributed by atoms with Crippen LogP contribution in [0.2, 0.25) is 0 Å². The Labute approximate surface area is 262 Å². The zero-order chi connectivity index (χ0) is 28.8. The maximum atomic E-state index is 10.0. The number of carbonyl (C=O) groups is 1. The number of fused-ring (bicyclic) bond motifs is 6. The number of pyridine rings is 1. The van der Waals surface area contributed by atoms with Crippen molar-refractivity contribution in [1.82, 2.24) is 4.98 Å². The van der Waals surface area contributed by atoms with Gasteiger partial charge in [0.2, 0.25) is 0 Å². The summed E-state index contributed by atoms with van der Waals surface area (Å²) in [7, 11) is 0. The molecule has 1 aromatic heterocycles. The zero-order valence-corrected chi connectivity index (χ0v) is 25.7. The molecular formula is C36H25IrN2O4-. The fraction of sp³-hybridized carbons (Fsp3) is 0.0556. The normalized spacial score (nSPS) is 12.4. The Balaban J connectivity index is 0.000000371. The van der Waals surface area contributed by atoms with Crippen molar-refractivity contribution in [3.05, 3.63) is 121 Å². The average molecular weight is 742 g/mol. The molecule has 0 bridgehead atoms. The molecule has 0 spiro atoms. The summed E-state index contributed by atoms with van der Waals surface area (Å²) in [6.07, 6.45) is 2.95. The van der Waals surface area contributed by atoms with E-state index in [9.17, 15) is 4.79 Å². The van der Waals surface area contributed by atoms with Crippen molar-refractivity contribution in [3.8, 4) is 34.3 Å². The predicted octanol–water partition coefficient (Wildman–Crippen LogP) is 9.57. The molecule has 1 N–H and O–H groups in total. The monoisotopic (exact) mass is 742 g/mol. The van der Waals surface area contributed by atoms with Crippen molar-refractivity contribution in [3.63, 3.8) is 0 Å². The van der Waals surface area contributed by atoms with Crippen molar-refractivity contribution >= 4 is 44.4 Å². The molecule has 0 amide bonds. The van der Waals surface area contributed by atoms with E-state index in [-0.39, 0.29) is 31.6 Å². The summed E-state index contributed by atoms with van der Waals surface area (Å²) in [6.45, 7) is 2.85. The number of aromatic nitrogens is 1. The van der Waals surface area contributed by atoms with Gasteiger partial charge in [-0.2, -0.15) is 0 Å². The molecule has 1 radical (unpaired) electrons. The number of ether oxygens (including phenoxy) is 2. The van der Waals surface area contributed by atoms with Gasteiger partial charge in [-0.25, -0.2) is 0 Å². The molecule has 0 aliphatic carbocycles. The van der Waals surface area contributed by atoms with E-state index in [1.165, 1.54) is 19.9 Å². The van der Waals surface area contributed by atoms with Crippen LogP contribution in [0.15, 0.2) is 115 Å². The van der Waals surface area contributed by atoms with Gasteiger partial charge in [0.05, 0.1) is 28.6 Å². The third-order valence-corrected chi connectivity index (χ3v) is 7.12. The van der Waals surface area contributed by atoms with Gasteiger partial charge >= 0.3 is 0 Å². The predicted molar refractivity (Wildman–Crippen MR) is 165 cm³/mol. The van der Waals surface area contributed by atoms with Crippen molar-refractivity contribution in [2.45, 2.75) is 13.8 Å². The van der Waals surface area contributed by atoms with Crippen molar-refractivity contribution in [1.29, 1.82) is 0 Å². The Hall–Kier alpha value is -4.97. The molecule has 2 aliphatic rings. The number of allylic oxidation sites excluding steroid dienone is 2. The van der Waals surface area contributed by atoms with Crippen LogP contribution >= 0.6 is 0 Å². The maximum Gasteiger partial charge on any atom is 0.155 e. The molecule has 6 aromatic rings. The first-order valence-corrected chi connectivity index (χ1v) is 13.6. The van der Waals surface area contributed by atoms with E-state index in [0.717, 1.165) is 67.1 Å². The number of nitrogens with zero attached hydrogens (tertiary/aromatic N) is 2. The van der Waals surface area contributed by atoms with E-state index in [4.69, 9.17) is 14.6 Å². The topological polar surface area (TPSA) is 71.9 Å². The fourth-order valence-corrected chi connectivity index (χ4v) is 5.37. The first kappa shape index (κ1) is 28.2. The molecule has 8 rings (SSSR count). The first-order valence-electron chi connectivity index (χ1n) is 13.6. The second-order valence-electron chi connectivity index (χ2n) is 10.2. The zero-order valence-electron chi connectivity index (χ0n) is 23.3. The van der Waals surface area contributed by atoms with Gasteiger partial charge in [0.1, 0.15) is 11.5 Å². The van der Waals surface area contributed by atoms with E-state index in [2.05, 4.69) is 76.6 Å². The molecule has 213 valence electrons. The van der Waals surface area contributed by atoms with Crippen LogP contribution in [-0.4, -0.2) is 15.9 Å². The second-order valence-corrected chi connectivity index (χ2v) is 10.2. The molecule has 0 saturated heterocycles. The van der Waals surface area contributed by atoms with Gasteiger partial charge in [0, 0.05) is 38.1 Å². The van der Waals surface area contributed by atoms with Crippen molar-refractivity contribution < 1.29 is 39.5 Å². The van der Waals surface area contributed by atoms with Gasteiger partial charge < -0.3 is 24.5 Å². The fourth-order valence-electron chi connectivity index (χ4n) is 5.37. The second kappa shape index (κ2) is 11.4. The van der Waals surface area contributed by atoms with Crippen molar-refractivity contribution in [2.75, 3.05) is 4.90 Å². The van der Waals surface area contributed by atoms with Gasteiger partial charge in [-0.3, -0.25) is 4.79 Å². The Morgan fingerprint density at radius 3 is 1.84 bits per heavy atom. The van der Waals surface area contributed by atoms with Crippen molar-refractivity contribution in [2.24, 2.45) is 0 Å². The van der Waals surface area contributed by atoms with E-state index in [0.29, 0.717) is 5.75 Å². The molecule has 0 unspecified atom stereocenters. The SMILES string of the molecule is CC(=O)/C=C(/C)O.[Ir].[c-]1c(-c2ccccn2)cc2c3c1Oc1cc4ccccc4cc1N3c1cc3ccccc3cc1O2. The van der Waals surface area contributed by atoms with Crippen LogP contribution in [0, 0.1) is 6.07 Å². The Bertz CT molecular complexity index is 1940. The number of ketones is 1. The van der Waals surface area contributed by atoms with E-state index in [1.807, 2.05) is 36.4 Å². The maximum absolute atomic E-state index is 10.0. The molecule has 3 heterocycles. The largest absolute Gasteiger partial charge is 0.512 e. The van der Waals surface area contributed by atoms with Crippen LogP contribution < -0.4 is 14.4 Å². The quantitative estimate of drug-likeness (QED) is 0.108. The summed E-state index contributed by atoms with van der Waals surface area (Å²) in [4.78, 5) is 16.8. The molecule has 2 aliphatic heterocycles. The van der Waals surface area contributed by atoms with Gasteiger partial charge in [-0.05, 0) is 71.4 Å². The smallest absolute Gasteiger partial charge is 0.155 e. The average Bonchev–Trinajstić information content (AvgIpc) is 2.99. The summed E-state index contributed by atoms with van der Waals surface area (Å²) in [5.74, 6) is 2.89. The number of carbonyl (C=O) groups excluding carboxylic acids is 1. The number of benzene rings is 5. The van der Waals surface area contributed by atoms with Crippen LogP contribution in [0.1, 0.15) is 13.8 Å². The summed E-state index contributed by atoms with van der Waals surface area (Å²) >= 11 is 0. The summed E-state index contributed by atoms with van der Waals surface area (Å²) < 4.78 is 13.0. The molecule has 0 saturated carbocycles. The molecular weight excluding hydrogens is 717 g/mol. The number of hydrogen-bond donors (Lipinski definition) is 1. The number of anilines is 3. The number of aliphatic hydroxyl groups is 1. The number of hydrogen-bond acceptors (Lipinski definition) is 6. The van der Waals surface area contributed by atoms with Crippen LogP contribution in [0.4, 0.5) is 17.1 Å². The van der Waals surface area contributed by atoms with Gasteiger partial charge in [-0.15, -0.1) is 5.56 Å². The molecule has 0 atom stereocenters. The van der Waals surface area contributed by atoms with E-state index in [1.54, 1.807) is 6.20 Å². The van der Waals surface area contributed by atoms with Gasteiger partial charge in [-0.1, -0.05) is 72.8 Å². The minimum absolute atomic E-state index is 0. The van der Waals surface area contributed by atoms with Crippen LogP contribution in [0.25, 0.3) is 32.8 Å². The molecule has 6 nitrogen and oxygen atoms in total. The molecule has 5 aromatic carbocycles. The van der Waals surface area contributed by atoms with E-state index < -0.39 is 0 Å². The summed E-state index contributed by atoms with van der Waals surface area (Å²) in [5.41, 5.74) is 4.47. The van der Waals surface area contributed by atoms with Gasteiger partial charge in [0.15, 0.2) is 5.78 Å². The number of aliphatic hydroxyl groups excluding tert-OH is 1. The van der Waals surface area contributed by atoms with Crippen LogP contribution in [0.3, 0.4) is 0 Å². The minimum Gasteiger partial charge on any atom is -0.512 e. The van der Waals surface area contributed by atoms with Crippen LogP contribution in [0.5, 0.6) is 23.0 Å². The first-order chi connectivity index (χ1) is 20.4. The molecule has 0 fully saturated rings. The summed E-state index contributed by atoms with van der Waals surface area (Å²) in [5, 5.41) is 12.9. The Morgan fingerprint density at radius 2 is 1.33 bits per heavy atom. The minimum atomic E-state index is -0.125. The Kier molecular flexibility index (Phi) is 7.44. The standard InChI is InChI=1S/C31H17N2O2.C5H8O2.Ir/c1-3-9-21-15-27-25(13-19(21)7-1)33-26-14-20-8-2-4-10-22(20)16-28(26)35-30-18-23(17-29(34-27)31(30)33)24-11-5-6-12-32-24;1-4(6)3-5(2)7;/h1-17H;3,6H,1-2H3;/q-1;;/b;4-3-;. The van der Waals surface area contributed by atoms with E-state index >= 15 is 0 Å². The third kappa shape index (κ3) is 5.25. The molecule has 43 heavy (non-hydrogen) atoms. The number of rotatable bonds is 2. The van der Waals surface area contributed by atoms with Gasteiger partial charge in [0.25, 0.3) is 0 Å². The summed E-state index contributed by atoms with van der Waals surface area (Å²) in [6, 6.07) is 36.6. The molecule has 7 heteroatoms. The Morgan fingerprint density at radius 1 is 0.767 bits per heavy atom.